The molecule has 0 bridgehead atoms. The van der Waals surface area contributed by atoms with E-state index in [0.717, 1.165) is 32.1 Å². The first-order valence-electron chi connectivity index (χ1n) is 7.05. The molecule has 1 aliphatic rings. The number of halogens is 1. The summed E-state index contributed by atoms with van der Waals surface area (Å²) in [6.07, 6.45) is 4.96. The minimum absolute atomic E-state index is 0.0379. The van der Waals surface area contributed by atoms with Crippen LogP contribution in [0.2, 0.25) is 0 Å². The van der Waals surface area contributed by atoms with Crippen molar-refractivity contribution in [3.63, 3.8) is 0 Å². The van der Waals surface area contributed by atoms with E-state index in [1.165, 1.54) is 18.2 Å². The van der Waals surface area contributed by atoms with Gasteiger partial charge in [0.05, 0.1) is 5.56 Å². The SMILES string of the molecule is CC1(C(=O)Nc2ccc(F)c(/C(N)=N/O)c2)CCCCC1. The van der Waals surface area contributed by atoms with Crippen molar-refractivity contribution in [1.29, 1.82) is 0 Å². The van der Waals surface area contributed by atoms with Crippen molar-refractivity contribution in [2.45, 2.75) is 39.0 Å². The Morgan fingerprint density at radius 1 is 1.38 bits per heavy atom. The second-order valence-electron chi connectivity index (χ2n) is 5.76. The average Bonchev–Trinajstić information content (AvgIpc) is 2.49. The Labute approximate surface area is 123 Å². The number of anilines is 1. The van der Waals surface area contributed by atoms with Crippen molar-refractivity contribution in [3.8, 4) is 0 Å². The first kappa shape index (κ1) is 15.3. The van der Waals surface area contributed by atoms with Crippen LogP contribution in [0.5, 0.6) is 0 Å². The van der Waals surface area contributed by atoms with Gasteiger partial charge in [-0.1, -0.05) is 31.3 Å². The minimum atomic E-state index is -0.604. The highest BCUT2D eigenvalue weighted by molar-refractivity contribution is 6.00. The van der Waals surface area contributed by atoms with Crippen LogP contribution in [0.4, 0.5) is 10.1 Å². The maximum absolute atomic E-state index is 13.6. The first-order chi connectivity index (χ1) is 9.96. The standard InChI is InChI=1S/C15H20FN3O2/c1-15(7-3-2-4-8-15)14(20)18-10-5-6-12(16)11(9-10)13(17)19-21/h5-6,9,21H,2-4,7-8H2,1H3,(H2,17,19)(H,18,20). The molecular formula is C15H20FN3O2. The number of amidine groups is 1. The monoisotopic (exact) mass is 293 g/mol. The lowest BCUT2D eigenvalue weighted by atomic mass is 9.75. The van der Waals surface area contributed by atoms with Crippen molar-refractivity contribution >= 4 is 17.4 Å². The van der Waals surface area contributed by atoms with Gasteiger partial charge in [-0.25, -0.2) is 4.39 Å². The van der Waals surface area contributed by atoms with Crippen LogP contribution in [0.1, 0.15) is 44.6 Å². The molecule has 0 aromatic heterocycles. The number of benzene rings is 1. The molecule has 1 amide bonds. The van der Waals surface area contributed by atoms with E-state index in [2.05, 4.69) is 10.5 Å². The molecule has 114 valence electrons. The van der Waals surface area contributed by atoms with Crippen LogP contribution in [0.3, 0.4) is 0 Å². The molecule has 1 aromatic rings. The number of nitrogens with one attached hydrogen (secondary N) is 1. The van der Waals surface area contributed by atoms with Crippen molar-refractivity contribution in [2.75, 3.05) is 5.32 Å². The number of carbonyl (C=O) groups excluding carboxylic acids is 1. The van der Waals surface area contributed by atoms with Gasteiger partial charge in [0.1, 0.15) is 5.82 Å². The van der Waals surface area contributed by atoms with E-state index in [9.17, 15) is 9.18 Å². The highest BCUT2D eigenvalue weighted by atomic mass is 19.1. The molecule has 0 radical (unpaired) electrons. The average molecular weight is 293 g/mol. The largest absolute Gasteiger partial charge is 0.409 e. The molecule has 0 spiro atoms. The molecule has 0 aliphatic heterocycles. The quantitative estimate of drug-likeness (QED) is 0.346. The summed E-state index contributed by atoms with van der Waals surface area (Å²) in [5.74, 6) is -1.00. The van der Waals surface area contributed by atoms with Crippen LogP contribution < -0.4 is 11.1 Å². The van der Waals surface area contributed by atoms with E-state index in [4.69, 9.17) is 10.9 Å². The maximum atomic E-state index is 13.6. The highest BCUT2D eigenvalue weighted by Gasteiger charge is 2.34. The van der Waals surface area contributed by atoms with Gasteiger partial charge in [0.15, 0.2) is 5.84 Å². The zero-order valence-corrected chi connectivity index (χ0v) is 12.0. The zero-order valence-electron chi connectivity index (χ0n) is 12.0. The van der Waals surface area contributed by atoms with Crippen molar-refractivity contribution in [3.05, 3.63) is 29.6 Å². The maximum Gasteiger partial charge on any atom is 0.230 e. The minimum Gasteiger partial charge on any atom is -0.409 e. The van der Waals surface area contributed by atoms with E-state index >= 15 is 0 Å². The third kappa shape index (κ3) is 3.32. The summed E-state index contributed by atoms with van der Waals surface area (Å²) in [7, 11) is 0. The third-order valence-corrected chi connectivity index (χ3v) is 4.11. The summed E-state index contributed by atoms with van der Waals surface area (Å²) in [4.78, 5) is 12.4. The number of hydrogen-bond donors (Lipinski definition) is 3. The lowest BCUT2D eigenvalue weighted by Crippen LogP contribution is -2.35. The molecule has 1 aromatic carbocycles. The number of oxime groups is 1. The second-order valence-corrected chi connectivity index (χ2v) is 5.76. The molecule has 0 heterocycles. The Hall–Kier alpha value is -2.11. The second kappa shape index (κ2) is 6.11. The van der Waals surface area contributed by atoms with Gasteiger partial charge >= 0.3 is 0 Å². The lowest BCUT2D eigenvalue weighted by molar-refractivity contribution is -0.126. The summed E-state index contributed by atoms with van der Waals surface area (Å²) >= 11 is 0. The topological polar surface area (TPSA) is 87.7 Å². The van der Waals surface area contributed by atoms with Crippen molar-refractivity contribution in [1.82, 2.24) is 0 Å². The van der Waals surface area contributed by atoms with Gasteiger partial charge in [0.25, 0.3) is 0 Å². The fraction of sp³-hybridized carbons (Fsp3) is 0.467. The van der Waals surface area contributed by atoms with E-state index in [0.29, 0.717) is 5.69 Å². The van der Waals surface area contributed by atoms with Gasteiger partial charge < -0.3 is 16.3 Å². The molecule has 0 atom stereocenters. The number of hydrogen-bond acceptors (Lipinski definition) is 3. The van der Waals surface area contributed by atoms with Gasteiger partial charge in [-0.15, -0.1) is 0 Å². The predicted molar refractivity (Wildman–Crippen MR) is 78.7 cm³/mol. The number of rotatable bonds is 3. The van der Waals surface area contributed by atoms with Gasteiger partial charge in [-0.3, -0.25) is 4.79 Å². The summed E-state index contributed by atoms with van der Waals surface area (Å²) in [5.41, 5.74) is 5.43. The molecular weight excluding hydrogens is 273 g/mol. The summed E-state index contributed by atoms with van der Waals surface area (Å²) in [6, 6.07) is 4.02. The number of amides is 1. The van der Waals surface area contributed by atoms with Gasteiger partial charge in [-0.2, -0.15) is 0 Å². The lowest BCUT2D eigenvalue weighted by Gasteiger charge is -2.32. The van der Waals surface area contributed by atoms with Gasteiger partial charge in [0, 0.05) is 11.1 Å². The van der Waals surface area contributed by atoms with Crippen LogP contribution in [-0.2, 0) is 4.79 Å². The summed E-state index contributed by atoms with van der Waals surface area (Å²) in [5, 5.41) is 14.2. The van der Waals surface area contributed by atoms with Crippen LogP contribution in [-0.4, -0.2) is 17.0 Å². The fourth-order valence-corrected chi connectivity index (χ4v) is 2.69. The Morgan fingerprint density at radius 2 is 2.05 bits per heavy atom. The molecule has 0 unspecified atom stereocenters. The molecule has 21 heavy (non-hydrogen) atoms. The molecule has 1 saturated carbocycles. The Kier molecular flexibility index (Phi) is 4.45. The van der Waals surface area contributed by atoms with E-state index in [-0.39, 0.29) is 22.7 Å². The number of nitrogens with two attached hydrogens (primary N) is 1. The van der Waals surface area contributed by atoms with E-state index in [1.807, 2.05) is 6.92 Å². The summed E-state index contributed by atoms with van der Waals surface area (Å²) in [6.45, 7) is 1.95. The highest BCUT2D eigenvalue weighted by Crippen LogP contribution is 2.36. The predicted octanol–water partition coefficient (Wildman–Crippen LogP) is 2.83. The normalized spacial score (nSPS) is 18.3. The number of nitrogens with zero attached hydrogens (tertiary/aromatic N) is 1. The molecule has 1 fully saturated rings. The molecule has 5 nitrogen and oxygen atoms in total. The van der Waals surface area contributed by atoms with E-state index in [1.54, 1.807) is 0 Å². The molecule has 6 heteroatoms. The van der Waals surface area contributed by atoms with Crippen LogP contribution in [0.15, 0.2) is 23.4 Å². The third-order valence-electron chi connectivity index (χ3n) is 4.11. The Morgan fingerprint density at radius 3 is 2.67 bits per heavy atom. The van der Waals surface area contributed by atoms with Crippen LogP contribution >= 0.6 is 0 Å². The van der Waals surface area contributed by atoms with Crippen molar-refractivity contribution < 1.29 is 14.4 Å². The van der Waals surface area contributed by atoms with Crippen LogP contribution in [0, 0.1) is 11.2 Å². The van der Waals surface area contributed by atoms with E-state index < -0.39 is 5.82 Å². The first-order valence-corrected chi connectivity index (χ1v) is 7.05. The smallest absolute Gasteiger partial charge is 0.230 e. The Bertz CT molecular complexity index is 566. The molecule has 2 rings (SSSR count). The fourth-order valence-electron chi connectivity index (χ4n) is 2.69. The zero-order chi connectivity index (χ0) is 15.5. The van der Waals surface area contributed by atoms with Gasteiger partial charge in [0.2, 0.25) is 5.91 Å². The Balaban J connectivity index is 2.18. The van der Waals surface area contributed by atoms with Crippen LogP contribution in [0.25, 0.3) is 0 Å². The van der Waals surface area contributed by atoms with Gasteiger partial charge in [-0.05, 0) is 31.0 Å². The number of carbonyl (C=O) groups is 1. The molecule has 4 N–H and O–H groups in total. The summed E-state index contributed by atoms with van der Waals surface area (Å²) < 4.78 is 13.6. The van der Waals surface area contributed by atoms with Crippen molar-refractivity contribution in [2.24, 2.45) is 16.3 Å². The molecule has 1 aliphatic carbocycles. The molecule has 0 saturated heterocycles.